The van der Waals surface area contributed by atoms with E-state index in [1.807, 2.05) is 0 Å². The first-order valence-electron chi connectivity index (χ1n) is 8.04. The van der Waals surface area contributed by atoms with E-state index >= 15 is 0 Å². The molecule has 2 aliphatic carbocycles. The Balaban J connectivity index is 2.26. The first kappa shape index (κ1) is 14.2. The van der Waals surface area contributed by atoms with E-state index in [4.69, 9.17) is 0 Å². The van der Waals surface area contributed by atoms with Gasteiger partial charge in [-0.1, -0.05) is 64.5 Å². The maximum Gasteiger partial charge on any atom is -0.0000701 e. The maximum absolute atomic E-state index is 2.50. The summed E-state index contributed by atoms with van der Waals surface area (Å²) in [6, 6.07) is 0. The summed E-state index contributed by atoms with van der Waals surface area (Å²) in [6.45, 7) is 14.6. The van der Waals surface area contributed by atoms with Gasteiger partial charge in [-0.2, -0.15) is 0 Å². The number of rotatable bonds is 4. The minimum atomic E-state index is 0.524. The van der Waals surface area contributed by atoms with Gasteiger partial charge in [0, 0.05) is 0 Å². The minimum absolute atomic E-state index is 0.524. The van der Waals surface area contributed by atoms with E-state index in [1.54, 1.807) is 11.1 Å². The Labute approximate surface area is 114 Å². The fourth-order valence-electron chi connectivity index (χ4n) is 4.84. The summed E-state index contributed by atoms with van der Waals surface area (Å²) in [5.41, 5.74) is 4.43. The highest BCUT2D eigenvalue weighted by Crippen LogP contribution is 2.75. The summed E-state index contributed by atoms with van der Waals surface area (Å²) in [5.74, 6) is 1.88. The van der Waals surface area contributed by atoms with Crippen LogP contribution in [0.5, 0.6) is 0 Å². The average molecular weight is 248 g/mol. The summed E-state index contributed by atoms with van der Waals surface area (Å²) < 4.78 is 0. The molecule has 0 amide bonds. The Morgan fingerprint density at radius 1 is 1.11 bits per heavy atom. The van der Waals surface area contributed by atoms with Gasteiger partial charge in [0.05, 0.1) is 0 Å². The molecule has 2 fully saturated rings. The molecular formula is C18H32. The molecule has 0 aromatic heterocycles. The second-order valence-corrected chi connectivity index (χ2v) is 7.53. The van der Waals surface area contributed by atoms with Crippen LogP contribution in [-0.4, -0.2) is 0 Å². The molecule has 2 unspecified atom stereocenters. The highest BCUT2D eigenvalue weighted by atomic mass is 14.7. The van der Waals surface area contributed by atoms with Crippen molar-refractivity contribution in [2.75, 3.05) is 0 Å². The molecule has 0 heterocycles. The van der Waals surface area contributed by atoms with Crippen LogP contribution in [0, 0.1) is 22.7 Å². The first-order valence-corrected chi connectivity index (χ1v) is 8.04. The molecule has 0 radical (unpaired) electrons. The highest BCUT2D eigenvalue weighted by molar-refractivity contribution is 5.34. The van der Waals surface area contributed by atoms with E-state index in [1.165, 1.54) is 38.5 Å². The van der Waals surface area contributed by atoms with Crippen molar-refractivity contribution in [1.82, 2.24) is 0 Å². The van der Waals surface area contributed by atoms with Crippen LogP contribution in [-0.2, 0) is 0 Å². The van der Waals surface area contributed by atoms with E-state index in [-0.39, 0.29) is 0 Å². The molecule has 0 spiro atoms. The average Bonchev–Trinajstić information content (AvgIpc) is 2.77. The molecule has 2 saturated carbocycles. The van der Waals surface area contributed by atoms with Crippen LogP contribution in [0.25, 0.3) is 0 Å². The summed E-state index contributed by atoms with van der Waals surface area (Å²) in [4.78, 5) is 0. The van der Waals surface area contributed by atoms with Crippen molar-refractivity contribution < 1.29 is 0 Å². The van der Waals surface area contributed by atoms with Gasteiger partial charge in [-0.3, -0.25) is 0 Å². The Hall–Kier alpha value is -0.260. The molecule has 2 atom stereocenters. The van der Waals surface area contributed by atoms with E-state index < -0.39 is 0 Å². The Morgan fingerprint density at radius 3 is 2.00 bits per heavy atom. The van der Waals surface area contributed by atoms with Crippen molar-refractivity contribution in [3.8, 4) is 0 Å². The van der Waals surface area contributed by atoms with Crippen LogP contribution < -0.4 is 0 Å². The van der Waals surface area contributed by atoms with Gasteiger partial charge in [0.2, 0.25) is 0 Å². The van der Waals surface area contributed by atoms with Crippen molar-refractivity contribution in [3.63, 3.8) is 0 Å². The van der Waals surface area contributed by atoms with Crippen LogP contribution in [0.15, 0.2) is 11.1 Å². The molecule has 2 aliphatic rings. The van der Waals surface area contributed by atoms with E-state index in [9.17, 15) is 0 Å². The van der Waals surface area contributed by atoms with E-state index in [2.05, 4.69) is 41.5 Å². The standard InChI is InChI=1S/C18H32/c1-7-13(2)14(3)18(15(4)17(18,5)6)12-16-10-8-9-11-16/h15-16H,7-12H2,1-6H3. The lowest BCUT2D eigenvalue weighted by atomic mass is 9.77. The first-order chi connectivity index (χ1) is 8.38. The molecule has 0 N–H and O–H groups in total. The summed E-state index contributed by atoms with van der Waals surface area (Å²) in [5, 5.41) is 0. The van der Waals surface area contributed by atoms with Gasteiger partial charge < -0.3 is 0 Å². The van der Waals surface area contributed by atoms with E-state index in [0.29, 0.717) is 10.8 Å². The molecule has 104 valence electrons. The molecule has 0 saturated heterocycles. The molecule has 18 heavy (non-hydrogen) atoms. The van der Waals surface area contributed by atoms with Crippen molar-refractivity contribution in [3.05, 3.63) is 11.1 Å². The number of hydrogen-bond acceptors (Lipinski definition) is 0. The van der Waals surface area contributed by atoms with Crippen molar-refractivity contribution in [2.24, 2.45) is 22.7 Å². The van der Waals surface area contributed by atoms with Crippen molar-refractivity contribution >= 4 is 0 Å². The molecule has 0 bridgehead atoms. The monoisotopic (exact) mass is 248 g/mol. The molecule has 0 heteroatoms. The zero-order chi connectivity index (χ0) is 13.6. The third-order valence-electron chi connectivity index (χ3n) is 6.81. The van der Waals surface area contributed by atoms with Gasteiger partial charge in [-0.05, 0) is 49.4 Å². The molecule has 0 aromatic carbocycles. The van der Waals surface area contributed by atoms with Crippen LogP contribution in [0.2, 0.25) is 0 Å². The lowest BCUT2D eigenvalue weighted by Gasteiger charge is -2.27. The fraction of sp³-hybridized carbons (Fsp3) is 0.889. The zero-order valence-electron chi connectivity index (χ0n) is 13.4. The number of hydrogen-bond donors (Lipinski definition) is 0. The Morgan fingerprint density at radius 2 is 1.61 bits per heavy atom. The molecular weight excluding hydrogens is 216 g/mol. The summed E-state index contributed by atoms with van der Waals surface area (Å²) in [6.07, 6.45) is 8.62. The van der Waals surface area contributed by atoms with Gasteiger partial charge >= 0.3 is 0 Å². The largest absolute Gasteiger partial charge is 0.0741 e. The third kappa shape index (κ3) is 1.87. The highest BCUT2D eigenvalue weighted by Gasteiger charge is 2.69. The number of allylic oxidation sites excluding steroid dienone is 2. The smallest absolute Gasteiger partial charge is 0.0000701 e. The lowest BCUT2D eigenvalue weighted by Crippen LogP contribution is -2.17. The summed E-state index contributed by atoms with van der Waals surface area (Å²) >= 11 is 0. The third-order valence-corrected chi connectivity index (χ3v) is 6.81. The van der Waals surface area contributed by atoms with Crippen LogP contribution in [0.1, 0.15) is 80.1 Å². The normalized spacial score (nSPS) is 36.7. The van der Waals surface area contributed by atoms with Crippen LogP contribution in [0.4, 0.5) is 0 Å². The Bertz CT molecular complexity index is 341. The van der Waals surface area contributed by atoms with Crippen molar-refractivity contribution in [2.45, 2.75) is 80.1 Å². The molecule has 0 nitrogen and oxygen atoms in total. The van der Waals surface area contributed by atoms with Gasteiger partial charge in [0.1, 0.15) is 0 Å². The minimum Gasteiger partial charge on any atom is -0.0741 e. The van der Waals surface area contributed by atoms with Gasteiger partial charge in [-0.15, -0.1) is 0 Å². The molecule has 2 rings (SSSR count). The molecule has 0 aromatic rings. The topological polar surface area (TPSA) is 0 Å². The van der Waals surface area contributed by atoms with E-state index in [0.717, 1.165) is 11.8 Å². The zero-order valence-corrected chi connectivity index (χ0v) is 13.4. The van der Waals surface area contributed by atoms with Gasteiger partial charge in [-0.25, -0.2) is 0 Å². The lowest BCUT2D eigenvalue weighted by molar-refractivity contribution is 0.329. The quantitative estimate of drug-likeness (QED) is 0.537. The maximum atomic E-state index is 2.50. The Kier molecular flexibility index (Phi) is 3.69. The SMILES string of the molecule is CCC(C)=C(C)C1(CC2CCCC2)C(C)C1(C)C. The van der Waals surface area contributed by atoms with Gasteiger partial charge in [0.25, 0.3) is 0 Å². The predicted molar refractivity (Wildman–Crippen MR) is 80.6 cm³/mol. The van der Waals surface area contributed by atoms with Crippen LogP contribution >= 0.6 is 0 Å². The van der Waals surface area contributed by atoms with Crippen LogP contribution in [0.3, 0.4) is 0 Å². The van der Waals surface area contributed by atoms with Crippen molar-refractivity contribution in [1.29, 1.82) is 0 Å². The molecule has 0 aliphatic heterocycles. The summed E-state index contributed by atoms with van der Waals surface area (Å²) in [7, 11) is 0. The fourth-order valence-corrected chi connectivity index (χ4v) is 4.84. The van der Waals surface area contributed by atoms with Gasteiger partial charge in [0.15, 0.2) is 0 Å². The predicted octanol–water partition coefficient (Wildman–Crippen LogP) is 5.98. The second-order valence-electron chi connectivity index (χ2n) is 7.53. The second kappa shape index (κ2) is 4.69.